The largest absolute Gasteiger partial charge is 0.484 e. The highest BCUT2D eigenvalue weighted by Crippen LogP contribution is 2.13. The Kier molecular flexibility index (Phi) is 5.85. The number of aryl methyl sites for hydroxylation is 1. The van der Waals surface area contributed by atoms with Gasteiger partial charge in [-0.25, -0.2) is 4.98 Å². The average molecular weight is 342 g/mol. The van der Waals surface area contributed by atoms with Gasteiger partial charge in [-0.2, -0.15) is 0 Å². The van der Waals surface area contributed by atoms with Gasteiger partial charge in [-0.3, -0.25) is 4.79 Å². The maximum atomic E-state index is 12.5. The first kappa shape index (κ1) is 17.2. The van der Waals surface area contributed by atoms with E-state index in [-0.39, 0.29) is 18.6 Å². The van der Waals surface area contributed by atoms with Gasteiger partial charge in [0, 0.05) is 18.3 Å². The molecule has 0 radical (unpaired) electrons. The molecular formula is C19H22N2O4. The Labute approximate surface area is 147 Å². The minimum absolute atomic E-state index is 0.000567. The minimum Gasteiger partial charge on any atom is -0.484 e. The Morgan fingerprint density at radius 2 is 2.08 bits per heavy atom. The van der Waals surface area contributed by atoms with Crippen LogP contribution < -0.4 is 9.47 Å². The van der Waals surface area contributed by atoms with Crippen molar-refractivity contribution in [2.24, 2.45) is 0 Å². The predicted octanol–water partition coefficient (Wildman–Crippen LogP) is 2.08. The molecule has 1 atom stereocenters. The van der Waals surface area contributed by atoms with E-state index in [0.29, 0.717) is 37.9 Å². The van der Waals surface area contributed by atoms with Crippen molar-refractivity contribution < 1.29 is 19.0 Å². The fourth-order valence-electron chi connectivity index (χ4n) is 2.58. The lowest BCUT2D eigenvalue weighted by molar-refractivity contribution is -0.134. The van der Waals surface area contributed by atoms with Crippen LogP contribution in [0.2, 0.25) is 0 Å². The van der Waals surface area contributed by atoms with E-state index in [1.54, 1.807) is 4.90 Å². The quantitative estimate of drug-likeness (QED) is 0.832. The third-order valence-corrected chi connectivity index (χ3v) is 3.84. The molecule has 1 aromatic carbocycles. The monoisotopic (exact) mass is 342 g/mol. The van der Waals surface area contributed by atoms with E-state index >= 15 is 0 Å². The van der Waals surface area contributed by atoms with Gasteiger partial charge in [0.15, 0.2) is 6.61 Å². The molecule has 1 aromatic heterocycles. The second-order valence-electron chi connectivity index (χ2n) is 5.87. The number of carbonyl (C=O) groups excluding carboxylic acids is 1. The SMILES string of the molecule is Cc1cccc(OC2COCCN(C(=O)COc3ccccc3)C2)n1. The lowest BCUT2D eigenvalue weighted by atomic mass is 10.3. The molecule has 3 rings (SSSR count). The normalized spacial score (nSPS) is 17.6. The molecule has 0 aliphatic carbocycles. The summed E-state index contributed by atoms with van der Waals surface area (Å²) in [5, 5.41) is 0. The van der Waals surface area contributed by atoms with Crippen LogP contribution in [0.25, 0.3) is 0 Å². The molecular weight excluding hydrogens is 320 g/mol. The highest BCUT2D eigenvalue weighted by Gasteiger charge is 2.24. The van der Waals surface area contributed by atoms with E-state index in [4.69, 9.17) is 14.2 Å². The van der Waals surface area contributed by atoms with Gasteiger partial charge in [0.1, 0.15) is 11.9 Å². The zero-order valence-electron chi connectivity index (χ0n) is 14.3. The van der Waals surface area contributed by atoms with Crippen molar-refractivity contribution in [3.63, 3.8) is 0 Å². The predicted molar refractivity (Wildman–Crippen MR) is 92.7 cm³/mol. The van der Waals surface area contributed by atoms with Crippen LogP contribution in [0.4, 0.5) is 0 Å². The summed E-state index contributed by atoms with van der Waals surface area (Å²) in [5.74, 6) is 1.14. The molecule has 0 saturated carbocycles. The molecule has 2 aromatic rings. The number of benzene rings is 1. The van der Waals surface area contributed by atoms with Gasteiger partial charge >= 0.3 is 0 Å². The van der Waals surface area contributed by atoms with Crippen LogP contribution in [0.1, 0.15) is 5.69 Å². The highest BCUT2D eigenvalue weighted by atomic mass is 16.5. The van der Waals surface area contributed by atoms with E-state index < -0.39 is 0 Å². The maximum absolute atomic E-state index is 12.5. The molecule has 1 saturated heterocycles. The van der Waals surface area contributed by atoms with E-state index in [1.165, 1.54) is 0 Å². The van der Waals surface area contributed by atoms with Crippen molar-refractivity contribution in [2.45, 2.75) is 13.0 Å². The van der Waals surface area contributed by atoms with Gasteiger partial charge in [-0.15, -0.1) is 0 Å². The number of pyridine rings is 1. The maximum Gasteiger partial charge on any atom is 0.260 e. The summed E-state index contributed by atoms with van der Waals surface area (Å²) < 4.78 is 17.0. The smallest absolute Gasteiger partial charge is 0.260 e. The van der Waals surface area contributed by atoms with E-state index in [0.717, 1.165) is 5.69 Å². The summed E-state index contributed by atoms with van der Waals surface area (Å²) in [6, 6.07) is 14.9. The Morgan fingerprint density at radius 3 is 2.88 bits per heavy atom. The molecule has 2 heterocycles. The van der Waals surface area contributed by atoms with E-state index in [1.807, 2.05) is 55.5 Å². The summed E-state index contributed by atoms with van der Waals surface area (Å²) in [5.41, 5.74) is 0.885. The molecule has 0 spiro atoms. The fourth-order valence-corrected chi connectivity index (χ4v) is 2.58. The second kappa shape index (κ2) is 8.48. The van der Waals surface area contributed by atoms with Gasteiger partial charge in [0.25, 0.3) is 5.91 Å². The second-order valence-corrected chi connectivity index (χ2v) is 5.87. The highest BCUT2D eigenvalue weighted by molar-refractivity contribution is 5.77. The first-order chi connectivity index (χ1) is 12.2. The first-order valence-corrected chi connectivity index (χ1v) is 8.34. The van der Waals surface area contributed by atoms with Gasteiger partial charge in [0.2, 0.25) is 5.88 Å². The Bertz CT molecular complexity index is 693. The summed E-state index contributed by atoms with van der Waals surface area (Å²) in [6.07, 6.45) is -0.252. The number of carbonyl (C=O) groups is 1. The van der Waals surface area contributed by atoms with Crippen molar-refractivity contribution in [1.82, 2.24) is 9.88 Å². The van der Waals surface area contributed by atoms with Gasteiger partial charge in [-0.05, 0) is 25.1 Å². The molecule has 1 fully saturated rings. The molecule has 6 heteroatoms. The number of hydrogen-bond donors (Lipinski definition) is 0. The summed E-state index contributed by atoms with van der Waals surface area (Å²) in [4.78, 5) is 18.5. The zero-order valence-corrected chi connectivity index (χ0v) is 14.3. The van der Waals surface area contributed by atoms with Crippen LogP contribution >= 0.6 is 0 Å². The molecule has 25 heavy (non-hydrogen) atoms. The Balaban J connectivity index is 1.56. The number of amides is 1. The van der Waals surface area contributed by atoms with Crippen LogP contribution in [0.3, 0.4) is 0 Å². The lowest BCUT2D eigenvalue weighted by Gasteiger charge is -2.24. The molecule has 1 aliphatic heterocycles. The van der Waals surface area contributed by atoms with Gasteiger partial charge < -0.3 is 19.1 Å². The number of aromatic nitrogens is 1. The zero-order chi connectivity index (χ0) is 17.5. The topological polar surface area (TPSA) is 60.9 Å². The standard InChI is InChI=1S/C19H22N2O4/c1-15-6-5-9-18(20-15)25-17-12-21(10-11-23-13-17)19(22)14-24-16-7-3-2-4-8-16/h2-9,17H,10-14H2,1H3. The number of rotatable bonds is 5. The minimum atomic E-state index is -0.252. The third kappa shape index (κ3) is 5.19. The number of ether oxygens (including phenoxy) is 3. The molecule has 1 aliphatic rings. The van der Waals surface area contributed by atoms with Crippen molar-refractivity contribution in [3.8, 4) is 11.6 Å². The van der Waals surface area contributed by atoms with Crippen LogP contribution in [0.15, 0.2) is 48.5 Å². The molecule has 0 bridgehead atoms. The van der Waals surface area contributed by atoms with Crippen LogP contribution in [0.5, 0.6) is 11.6 Å². The molecule has 1 amide bonds. The Hall–Kier alpha value is -2.60. The Morgan fingerprint density at radius 1 is 1.24 bits per heavy atom. The molecule has 1 unspecified atom stereocenters. The number of nitrogens with zero attached hydrogens (tertiary/aromatic N) is 2. The van der Waals surface area contributed by atoms with Crippen molar-refractivity contribution in [1.29, 1.82) is 0 Å². The van der Waals surface area contributed by atoms with E-state index in [2.05, 4.69) is 4.98 Å². The molecule has 132 valence electrons. The summed E-state index contributed by atoms with van der Waals surface area (Å²) in [7, 11) is 0. The van der Waals surface area contributed by atoms with Gasteiger partial charge in [0.05, 0.1) is 19.8 Å². The van der Waals surface area contributed by atoms with Crippen LogP contribution in [-0.4, -0.2) is 54.8 Å². The average Bonchev–Trinajstić information content (AvgIpc) is 2.86. The van der Waals surface area contributed by atoms with E-state index in [9.17, 15) is 4.79 Å². The molecule has 0 N–H and O–H groups in total. The number of hydrogen-bond acceptors (Lipinski definition) is 5. The van der Waals surface area contributed by atoms with Gasteiger partial charge in [-0.1, -0.05) is 24.3 Å². The summed E-state index contributed by atoms with van der Waals surface area (Å²) >= 11 is 0. The first-order valence-electron chi connectivity index (χ1n) is 8.34. The third-order valence-electron chi connectivity index (χ3n) is 3.84. The van der Waals surface area contributed by atoms with Crippen LogP contribution in [-0.2, 0) is 9.53 Å². The van der Waals surface area contributed by atoms with Crippen molar-refractivity contribution in [3.05, 3.63) is 54.2 Å². The summed E-state index contributed by atoms with van der Waals surface area (Å²) in [6.45, 7) is 3.80. The fraction of sp³-hybridized carbons (Fsp3) is 0.368. The number of para-hydroxylation sites is 1. The molecule has 6 nitrogen and oxygen atoms in total. The van der Waals surface area contributed by atoms with Crippen LogP contribution in [0, 0.1) is 6.92 Å². The lowest BCUT2D eigenvalue weighted by Crippen LogP contribution is -2.42. The van der Waals surface area contributed by atoms with Crippen molar-refractivity contribution in [2.75, 3.05) is 32.9 Å². The van der Waals surface area contributed by atoms with Crippen molar-refractivity contribution >= 4 is 5.91 Å².